The molecule has 3 aromatic rings. The Balaban J connectivity index is 1.56. The summed E-state index contributed by atoms with van der Waals surface area (Å²) in [5.74, 6) is -0.258. The first-order chi connectivity index (χ1) is 13.9. The predicted molar refractivity (Wildman–Crippen MR) is 114 cm³/mol. The fourth-order valence-corrected chi connectivity index (χ4v) is 4.99. The van der Waals surface area contributed by atoms with Crippen molar-refractivity contribution in [2.24, 2.45) is 0 Å². The van der Waals surface area contributed by atoms with Crippen molar-refractivity contribution in [3.05, 3.63) is 94.5 Å². The molecule has 0 radical (unpaired) electrons. The SMILES string of the molecule is O=C(NCc1ccc(Cl)cc1)c1ccc2c(c1)N(S(=O)(=O)c1ccccc1)CC2. The molecular formula is C22H19ClN2O3S. The van der Waals surface area contributed by atoms with Gasteiger partial charge in [0.2, 0.25) is 0 Å². The normalized spacial score (nSPS) is 13.2. The van der Waals surface area contributed by atoms with Gasteiger partial charge in [-0.1, -0.05) is 48.0 Å². The number of sulfonamides is 1. The first-order valence-corrected chi connectivity index (χ1v) is 11.0. The Morgan fingerprint density at radius 1 is 1.00 bits per heavy atom. The second kappa shape index (κ2) is 7.89. The molecule has 1 heterocycles. The Labute approximate surface area is 175 Å². The molecule has 0 saturated carbocycles. The number of hydrogen-bond donors (Lipinski definition) is 1. The van der Waals surface area contributed by atoms with E-state index in [1.54, 1.807) is 54.6 Å². The third-order valence-corrected chi connectivity index (χ3v) is 6.98. The van der Waals surface area contributed by atoms with Crippen molar-refractivity contribution in [3.8, 4) is 0 Å². The Morgan fingerprint density at radius 2 is 1.72 bits per heavy atom. The number of carbonyl (C=O) groups excluding carboxylic acids is 1. The minimum Gasteiger partial charge on any atom is -0.348 e. The van der Waals surface area contributed by atoms with Gasteiger partial charge in [-0.15, -0.1) is 0 Å². The predicted octanol–water partition coefficient (Wildman–Crippen LogP) is 4.02. The number of rotatable bonds is 5. The molecule has 0 fully saturated rings. The van der Waals surface area contributed by atoms with Crippen LogP contribution in [0.15, 0.2) is 77.7 Å². The molecule has 0 unspecified atom stereocenters. The van der Waals surface area contributed by atoms with Crippen molar-refractivity contribution >= 4 is 33.2 Å². The molecule has 1 aliphatic rings. The standard InChI is InChI=1S/C22H19ClN2O3S/c23-19-10-6-16(7-11-19)15-24-22(26)18-9-8-17-12-13-25(21(17)14-18)29(27,28)20-4-2-1-3-5-20/h1-11,14H,12-13,15H2,(H,24,26). The van der Waals surface area contributed by atoms with E-state index in [2.05, 4.69) is 5.32 Å². The monoisotopic (exact) mass is 426 g/mol. The summed E-state index contributed by atoms with van der Waals surface area (Å²) < 4.78 is 27.4. The fourth-order valence-electron chi connectivity index (χ4n) is 3.35. The highest BCUT2D eigenvalue weighted by Crippen LogP contribution is 2.33. The zero-order valence-electron chi connectivity index (χ0n) is 15.5. The van der Waals surface area contributed by atoms with Crippen LogP contribution in [0.5, 0.6) is 0 Å². The molecule has 0 spiro atoms. The first-order valence-electron chi connectivity index (χ1n) is 9.18. The average Bonchev–Trinajstić information content (AvgIpc) is 3.18. The topological polar surface area (TPSA) is 66.5 Å². The second-order valence-electron chi connectivity index (χ2n) is 6.79. The van der Waals surface area contributed by atoms with Gasteiger partial charge in [0, 0.05) is 23.7 Å². The Morgan fingerprint density at radius 3 is 2.45 bits per heavy atom. The van der Waals surface area contributed by atoms with Crippen molar-refractivity contribution in [2.75, 3.05) is 10.8 Å². The minimum atomic E-state index is -3.66. The Hall–Kier alpha value is -2.83. The van der Waals surface area contributed by atoms with Crippen molar-refractivity contribution in [3.63, 3.8) is 0 Å². The summed E-state index contributed by atoms with van der Waals surface area (Å²) in [7, 11) is -3.66. The van der Waals surface area contributed by atoms with Crippen molar-refractivity contribution in [1.82, 2.24) is 5.32 Å². The highest BCUT2D eigenvalue weighted by atomic mass is 35.5. The molecule has 0 aliphatic carbocycles. The van der Waals surface area contributed by atoms with Gasteiger partial charge in [-0.25, -0.2) is 8.42 Å². The molecule has 1 aliphatic heterocycles. The van der Waals surface area contributed by atoms with Gasteiger partial charge in [0.15, 0.2) is 0 Å². The highest BCUT2D eigenvalue weighted by Gasteiger charge is 2.31. The van der Waals surface area contributed by atoms with Crippen molar-refractivity contribution in [2.45, 2.75) is 17.9 Å². The number of hydrogen-bond acceptors (Lipinski definition) is 3. The van der Waals surface area contributed by atoms with Gasteiger partial charge < -0.3 is 5.32 Å². The molecule has 0 bridgehead atoms. The summed E-state index contributed by atoms with van der Waals surface area (Å²) >= 11 is 5.88. The Kier molecular flexibility index (Phi) is 5.30. The van der Waals surface area contributed by atoms with Crippen LogP contribution in [0.2, 0.25) is 5.02 Å². The van der Waals surface area contributed by atoms with Crippen LogP contribution < -0.4 is 9.62 Å². The van der Waals surface area contributed by atoms with Gasteiger partial charge in [-0.3, -0.25) is 9.10 Å². The van der Waals surface area contributed by atoms with E-state index in [0.717, 1.165) is 11.1 Å². The summed E-state index contributed by atoms with van der Waals surface area (Å²) in [6, 6.07) is 20.8. The number of nitrogens with one attached hydrogen (secondary N) is 1. The zero-order chi connectivity index (χ0) is 20.4. The number of fused-ring (bicyclic) bond motifs is 1. The number of anilines is 1. The molecular weight excluding hydrogens is 408 g/mol. The third kappa shape index (κ3) is 3.99. The van der Waals surface area contributed by atoms with E-state index in [-0.39, 0.29) is 10.8 Å². The van der Waals surface area contributed by atoms with Gasteiger partial charge in [-0.2, -0.15) is 0 Å². The third-order valence-electron chi connectivity index (χ3n) is 4.90. The van der Waals surface area contributed by atoms with E-state index < -0.39 is 10.0 Å². The van der Waals surface area contributed by atoms with Gasteiger partial charge in [0.05, 0.1) is 10.6 Å². The van der Waals surface area contributed by atoms with Gasteiger partial charge >= 0.3 is 0 Å². The van der Waals surface area contributed by atoms with Crippen LogP contribution in [0.1, 0.15) is 21.5 Å². The van der Waals surface area contributed by atoms with E-state index in [9.17, 15) is 13.2 Å². The molecule has 0 saturated heterocycles. The van der Waals surface area contributed by atoms with Gasteiger partial charge in [-0.05, 0) is 53.9 Å². The number of benzene rings is 3. The molecule has 4 rings (SSSR count). The van der Waals surface area contributed by atoms with Crippen LogP contribution in [0.3, 0.4) is 0 Å². The fraction of sp³-hybridized carbons (Fsp3) is 0.136. The molecule has 29 heavy (non-hydrogen) atoms. The van der Waals surface area contributed by atoms with Crippen molar-refractivity contribution < 1.29 is 13.2 Å². The van der Waals surface area contributed by atoms with Crippen LogP contribution in [0.4, 0.5) is 5.69 Å². The minimum absolute atomic E-state index is 0.241. The van der Waals surface area contributed by atoms with E-state index >= 15 is 0 Å². The second-order valence-corrected chi connectivity index (χ2v) is 9.09. The van der Waals surface area contributed by atoms with E-state index in [4.69, 9.17) is 11.6 Å². The summed E-state index contributed by atoms with van der Waals surface area (Å²) in [6.07, 6.45) is 0.619. The lowest BCUT2D eigenvalue weighted by Gasteiger charge is -2.20. The summed E-state index contributed by atoms with van der Waals surface area (Å²) in [5.41, 5.74) is 2.83. The number of carbonyl (C=O) groups is 1. The van der Waals surface area contributed by atoms with Gasteiger partial charge in [0.25, 0.3) is 15.9 Å². The maximum atomic E-state index is 13.0. The van der Waals surface area contributed by atoms with Gasteiger partial charge in [0.1, 0.15) is 0 Å². The van der Waals surface area contributed by atoms with E-state index in [1.807, 2.05) is 18.2 Å². The smallest absolute Gasteiger partial charge is 0.264 e. The molecule has 0 atom stereocenters. The first kappa shape index (κ1) is 19.5. The molecule has 1 N–H and O–H groups in total. The Bertz CT molecular complexity index is 1150. The molecule has 5 nitrogen and oxygen atoms in total. The number of amides is 1. The van der Waals surface area contributed by atoms with Crippen molar-refractivity contribution in [1.29, 1.82) is 0 Å². The zero-order valence-corrected chi connectivity index (χ0v) is 17.1. The van der Waals surface area contributed by atoms with E-state index in [1.165, 1.54) is 4.31 Å². The molecule has 7 heteroatoms. The quantitative estimate of drug-likeness (QED) is 0.670. The molecule has 1 amide bonds. The summed E-state index contributed by atoms with van der Waals surface area (Å²) in [5, 5.41) is 3.50. The summed E-state index contributed by atoms with van der Waals surface area (Å²) in [4.78, 5) is 12.8. The number of halogens is 1. The molecule has 0 aromatic heterocycles. The van der Waals surface area contributed by atoms with Crippen LogP contribution in [0.25, 0.3) is 0 Å². The molecule has 148 valence electrons. The van der Waals surface area contributed by atoms with Crippen LogP contribution >= 0.6 is 11.6 Å². The molecule has 3 aromatic carbocycles. The van der Waals surface area contributed by atoms with E-state index in [0.29, 0.717) is 35.8 Å². The van der Waals surface area contributed by atoms with Crippen LogP contribution in [0, 0.1) is 0 Å². The summed E-state index contributed by atoms with van der Waals surface area (Å²) in [6.45, 7) is 0.724. The largest absolute Gasteiger partial charge is 0.348 e. The number of nitrogens with zero attached hydrogens (tertiary/aromatic N) is 1. The maximum Gasteiger partial charge on any atom is 0.264 e. The van der Waals surface area contributed by atoms with Crippen LogP contribution in [-0.2, 0) is 23.0 Å². The maximum absolute atomic E-state index is 13.0. The lowest BCUT2D eigenvalue weighted by molar-refractivity contribution is 0.0951. The lowest BCUT2D eigenvalue weighted by atomic mass is 10.1. The highest BCUT2D eigenvalue weighted by molar-refractivity contribution is 7.92. The average molecular weight is 427 g/mol. The lowest BCUT2D eigenvalue weighted by Crippen LogP contribution is -2.29. The van der Waals surface area contributed by atoms with Crippen LogP contribution in [-0.4, -0.2) is 20.9 Å².